The molecule has 0 spiro atoms. The van der Waals surface area contributed by atoms with Gasteiger partial charge in [-0.2, -0.15) is 0 Å². The molecule has 3 N–H and O–H groups in total. The molecule has 2 amide bonds. The van der Waals surface area contributed by atoms with Crippen LogP contribution in [0.1, 0.15) is 30.0 Å². The minimum absolute atomic E-state index is 0.0554. The fourth-order valence-corrected chi connectivity index (χ4v) is 3.42. The number of carbonyl (C=O) groups excluding carboxylic acids is 2. The van der Waals surface area contributed by atoms with Gasteiger partial charge in [0.1, 0.15) is 5.75 Å². The molecule has 5 heteroatoms. The van der Waals surface area contributed by atoms with E-state index in [1.807, 2.05) is 60.7 Å². The van der Waals surface area contributed by atoms with Gasteiger partial charge in [0.2, 0.25) is 11.8 Å². The summed E-state index contributed by atoms with van der Waals surface area (Å²) in [7, 11) is 0. The molecule has 0 unspecified atom stereocenters. The van der Waals surface area contributed by atoms with Gasteiger partial charge in [-0.15, -0.1) is 0 Å². The van der Waals surface area contributed by atoms with Crippen LogP contribution in [0.15, 0.2) is 66.7 Å². The van der Waals surface area contributed by atoms with E-state index in [9.17, 15) is 14.7 Å². The van der Waals surface area contributed by atoms with Crippen LogP contribution < -0.4 is 10.6 Å². The lowest BCUT2D eigenvalue weighted by molar-refractivity contribution is -0.127. The van der Waals surface area contributed by atoms with Crippen molar-refractivity contribution < 1.29 is 14.7 Å². The van der Waals surface area contributed by atoms with Crippen LogP contribution in [0.3, 0.4) is 0 Å². The first-order valence-corrected chi connectivity index (χ1v) is 9.46. The van der Waals surface area contributed by atoms with Gasteiger partial charge in [-0.25, -0.2) is 0 Å². The van der Waals surface area contributed by atoms with Crippen LogP contribution in [0.4, 0.5) is 0 Å². The number of hydrogen-bond donors (Lipinski definition) is 3. The highest BCUT2D eigenvalue weighted by Gasteiger charge is 2.30. The molecule has 28 heavy (non-hydrogen) atoms. The summed E-state index contributed by atoms with van der Waals surface area (Å²) >= 11 is 0. The van der Waals surface area contributed by atoms with Crippen molar-refractivity contribution in [3.8, 4) is 5.75 Å². The molecule has 5 nitrogen and oxygen atoms in total. The second-order valence-electron chi connectivity index (χ2n) is 7.12. The van der Waals surface area contributed by atoms with Crippen molar-refractivity contribution in [2.75, 3.05) is 6.54 Å². The summed E-state index contributed by atoms with van der Waals surface area (Å²) in [5, 5.41) is 18.2. The fraction of sp³-hybridized carbons (Fsp3) is 0.217. The Morgan fingerprint density at radius 2 is 1.68 bits per heavy atom. The van der Waals surface area contributed by atoms with Gasteiger partial charge >= 0.3 is 0 Å². The Hall–Kier alpha value is -3.34. The van der Waals surface area contributed by atoms with Gasteiger partial charge in [-0.05, 0) is 35.2 Å². The van der Waals surface area contributed by atoms with Crippen molar-refractivity contribution in [1.82, 2.24) is 10.6 Å². The molecule has 0 saturated heterocycles. The largest absolute Gasteiger partial charge is 0.508 e. The molecule has 0 aliphatic heterocycles. The standard InChI is InChI=1S/C23H22N2O3/c26-19-13-12-15-6-4-5-9-18(15)21(19)22(16-7-2-1-3-8-16)25-20(27)14-24-23(28)17-10-11-17/h1-9,12-13,17,22,26H,10-11,14H2,(H,24,28)(H,25,27)/t22-/m0/s1. The molecule has 0 radical (unpaired) electrons. The van der Waals surface area contributed by atoms with Crippen LogP contribution in [0.5, 0.6) is 5.75 Å². The number of fused-ring (bicyclic) bond motifs is 1. The second kappa shape index (κ2) is 7.72. The number of hydrogen-bond acceptors (Lipinski definition) is 3. The summed E-state index contributed by atoms with van der Waals surface area (Å²) in [6.45, 7) is -0.0792. The van der Waals surface area contributed by atoms with Crippen LogP contribution in [0.2, 0.25) is 0 Å². The molecule has 3 aromatic carbocycles. The zero-order valence-electron chi connectivity index (χ0n) is 15.4. The number of phenols is 1. The third kappa shape index (κ3) is 3.83. The molecule has 1 fully saturated rings. The summed E-state index contributed by atoms with van der Waals surface area (Å²) in [6.07, 6.45) is 1.79. The Kier molecular flexibility index (Phi) is 4.98. The summed E-state index contributed by atoms with van der Waals surface area (Å²) in [4.78, 5) is 24.4. The zero-order chi connectivity index (χ0) is 19.5. The molecular formula is C23H22N2O3. The van der Waals surface area contributed by atoms with E-state index in [1.165, 1.54) is 0 Å². The molecule has 1 saturated carbocycles. The van der Waals surface area contributed by atoms with Gasteiger partial charge in [0, 0.05) is 11.5 Å². The second-order valence-corrected chi connectivity index (χ2v) is 7.12. The number of phenolic OH excluding ortho intramolecular Hbond substituents is 1. The van der Waals surface area contributed by atoms with E-state index < -0.39 is 6.04 Å². The molecule has 0 heterocycles. The van der Waals surface area contributed by atoms with Crippen molar-refractivity contribution in [3.63, 3.8) is 0 Å². The third-order valence-corrected chi connectivity index (χ3v) is 5.05. The molecule has 0 bridgehead atoms. The Balaban J connectivity index is 1.66. The lowest BCUT2D eigenvalue weighted by Gasteiger charge is -2.23. The van der Waals surface area contributed by atoms with Gasteiger partial charge in [0.15, 0.2) is 0 Å². The van der Waals surface area contributed by atoms with E-state index >= 15 is 0 Å². The molecule has 0 aromatic heterocycles. The predicted octanol–water partition coefficient (Wildman–Crippen LogP) is 3.28. The Bertz CT molecular complexity index is 1010. The molecule has 1 aliphatic carbocycles. The number of amides is 2. The maximum absolute atomic E-state index is 12.6. The van der Waals surface area contributed by atoms with Crippen molar-refractivity contribution in [1.29, 1.82) is 0 Å². The lowest BCUT2D eigenvalue weighted by atomic mass is 9.92. The summed E-state index contributed by atoms with van der Waals surface area (Å²) in [5.41, 5.74) is 1.50. The molecule has 4 rings (SSSR count). The minimum Gasteiger partial charge on any atom is -0.508 e. The fourth-order valence-electron chi connectivity index (χ4n) is 3.42. The highest BCUT2D eigenvalue weighted by Crippen LogP contribution is 2.35. The van der Waals surface area contributed by atoms with Crippen molar-refractivity contribution in [2.45, 2.75) is 18.9 Å². The number of rotatable bonds is 6. The first kappa shape index (κ1) is 18.0. The lowest BCUT2D eigenvalue weighted by Crippen LogP contribution is -2.39. The maximum Gasteiger partial charge on any atom is 0.240 e. The minimum atomic E-state index is -0.530. The van der Waals surface area contributed by atoms with Gasteiger partial charge in [0.25, 0.3) is 0 Å². The molecule has 1 aliphatic rings. The molecule has 3 aromatic rings. The van der Waals surface area contributed by atoms with Crippen LogP contribution in [0.25, 0.3) is 10.8 Å². The summed E-state index contributed by atoms with van der Waals surface area (Å²) < 4.78 is 0. The monoisotopic (exact) mass is 374 g/mol. The first-order chi connectivity index (χ1) is 13.6. The number of nitrogens with one attached hydrogen (secondary N) is 2. The van der Waals surface area contributed by atoms with Gasteiger partial charge in [-0.3, -0.25) is 9.59 Å². The highest BCUT2D eigenvalue weighted by molar-refractivity contribution is 5.90. The quantitative estimate of drug-likeness (QED) is 0.620. The summed E-state index contributed by atoms with van der Waals surface area (Å²) in [6, 6.07) is 20.2. The van der Waals surface area contributed by atoms with E-state index in [1.54, 1.807) is 6.07 Å². The van der Waals surface area contributed by atoms with Crippen LogP contribution >= 0.6 is 0 Å². The normalized spacial score (nSPS) is 14.4. The van der Waals surface area contributed by atoms with Crippen molar-refractivity contribution in [3.05, 3.63) is 77.9 Å². The smallest absolute Gasteiger partial charge is 0.240 e. The zero-order valence-corrected chi connectivity index (χ0v) is 15.4. The maximum atomic E-state index is 12.6. The highest BCUT2D eigenvalue weighted by atomic mass is 16.3. The number of carbonyl (C=O) groups is 2. The average Bonchev–Trinajstić information content (AvgIpc) is 3.57. The molecule has 142 valence electrons. The third-order valence-electron chi connectivity index (χ3n) is 5.05. The van der Waals surface area contributed by atoms with Crippen LogP contribution in [-0.4, -0.2) is 23.5 Å². The van der Waals surface area contributed by atoms with Crippen LogP contribution in [-0.2, 0) is 9.59 Å². The Labute approximate surface area is 163 Å². The van der Waals surface area contributed by atoms with E-state index in [0.717, 1.165) is 29.2 Å². The summed E-state index contributed by atoms with van der Waals surface area (Å²) in [5.74, 6) is -0.190. The first-order valence-electron chi connectivity index (χ1n) is 9.46. The SMILES string of the molecule is O=C(CNC(=O)C1CC1)N[C@@H](c1ccccc1)c1c(O)ccc2ccccc12. The van der Waals surface area contributed by atoms with Gasteiger partial charge in [0.05, 0.1) is 12.6 Å². The predicted molar refractivity (Wildman–Crippen MR) is 108 cm³/mol. The average molecular weight is 374 g/mol. The van der Waals surface area contributed by atoms with E-state index in [0.29, 0.717) is 5.56 Å². The van der Waals surface area contributed by atoms with E-state index in [-0.39, 0.29) is 30.0 Å². The number of aromatic hydroxyl groups is 1. The topological polar surface area (TPSA) is 78.4 Å². The Morgan fingerprint density at radius 3 is 2.43 bits per heavy atom. The van der Waals surface area contributed by atoms with Gasteiger partial charge in [-0.1, -0.05) is 60.7 Å². The van der Waals surface area contributed by atoms with E-state index in [2.05, 4.69) is 10.6 Å². The van der Waals surface area contributed by atoms with Crippen molar-refractivity contribution in [2.24, 2.45) is 5.92 Å². The van der Waals surface area contributed by atoms with E-state index in [4.69, 9.17) is 0 Å². The molecule has 1 atom stereocenters. The van der Waals surface area contributed by atoms with Crippen LogP contribution in [0, 0.1) is 5.92 Å². The van der Waals surface area contributed by atoms with Gasteiger partial charge < -0.3 is 15.7 Å². The molecular weight excluding hydrogens is 352 g/mol. The Morgan fingerprint density at radius 1 is 0.964 bits per heavy atom. The van der Waals surface area contributed by atoms with Crippen molar-refractivity contribution >= 4 is 22.6 Å². The number of benzene rings is 3.